The molecule has 0 aromatic carbocycles. The van der Waals surface area contributed by atoms with Gasteiger partial charge in [-0.05, 0) is 70.1 Å². The van der Waals surface area contributed by atoms with E-state index in [1.54, 1.807) is 0 Å². The number of aliphatic hydroxyl groups is 1. The fourth-order valence-corrected chi connectivity index (χ4v) is 5.31. The third-order valence-electron chi connectivity index (χ3n) is 6.63. The average Bonchev–Trinajstić information content (AvgIpc) is 3.10. The van der Waals surface area contributed by atoms with Crippen molar-refractivity contribution in [3.05, 3.63) is 0 Å². The minimum Gasteiger partial charge on any atom is -0.389 e. The predicted molar refractivity (Wildman–Crippen MR) is 89.9 cm³/mol. The van der Waals surface area contributed by atoms with Crippen molar-refractivity contribution in [2.24, 2.45) is 17.8 Å². The Kier molecular flexibility index (Phi) is 5.80. The molecule has 3 nitrogen and oxygen atoms in total. The fourth-order valence-electron chi connectivity index (χ4n) is 5.31. The molecule has 0 spiro atoms. The molecule has 3 heteroatoms. The lowest BCUT2D eigenvalue weighted by Gasteiger charge is -2.40. The Bertz CT molecular complexity index is 338. The van der Waals surface area contributed by atoms with Gasteiger partial charge in [-0.1, -0.05) is 12.8 Å². The molecule has 1 saturated heterocycles. The summed E-state index contributed by atoms with van der Waals surface area (Å²) in [4.78, 5) is 2.47. The zero-order chi connectivity index (χ0) is 15.5. The van der Waals surface area contributed by atoms with Crippen LogP contribution in [0, 0.1) is 17.8 Å². The molecule has 3 fully saturated rings. The van der Waals surface area contributed by atoms with Gasteiger partial charge >= 0.3 is 0 Å². The number of piperidine rings is 1. The van der Waals surface area contributed by atoms with E-state index in [1.165, 1.54) is 51.4 Å². The first-order valence-corrected chi connectivity index (χ1v) is 9.65. The Labute approximate surface area is 136 Å². The van der Waals surface area contributed by atoms with Crippen LogP contribution in [0.1, 0.15) is 65.2 Å². The van der Waals surface area contributed by atoms with Gasteiger partial charge in [0.25, 0.3) is 0 Å². The summed E-state index contributed by atoms with van der Waals surface area (Å²) in [6, 6.07) is 1.21. The molecule has 6 unspecified atom stereocenters. The van der Waals surface area contributed by atoms with Gasteiger partial charge < -0.3 is 9.84 Å². The molecule has 0 aromatic rings. The normalized spacial score (nSPS) is 40.2. The topological polar surface area (TPSA) is 32.7 Å². The SMILES string of the molecule is CC1CCCC(C)N1CC(O)COCCC1CC2CCC1C2. The van der Waals surface area contributed by atoms with Crippen molar-refractivity contribution in [3.63, 3.8) is 0 Å². The Hall–Kier alpha value is -0.120. The van der Waals surface area contributed by atoms with Gasteiger partial charge in [-0.25, -0.2) is 0 Å². The highest BCUT2D eigenvalue weighted by molar-refractivity contribution is 4.89. The summed E-state index contributed by atoms with van der Waals surface area (Å²) in [6.07, 6.45) is 10.6. The van der Waals surface area contributed by atoms with Crippen LogP contribution in [0.2, 0.25) is 0 Å². The quantitative estimate of drug-likeness (QED) is 0.731. The van der Waals surface area contributed by atoms with Crippen molar-refractivity contribution < 1.29 is 9.84 Å². The molecule has 0 aromatic heterocycles. The first-order chi connectivity index (χ1) is 10.6. The fraction of sp³-hybridized carbons (Fsp3) is 1.00. The van der Waals surface area contributed by atoms with E-state index in [0.29, 0.717) is 18.7 Å². The van der Waals surface area contributed by atoms with Crippen molar-refractivity contribution in [1.29, 1.82) is 0 Å². The van der Waals surface area contributed by atoms with Gasteiger partial charge in [-0.15, -0.1) is 0 Å². The van der Waals surface area contributed by atoms with Crippen LogP contribution < -0.4 is 0 Å². The molecule has 3 aliphatic rings. The summed E-state index contributed by atoms with van der Waals surface area (Å²) < 4.78 is 5.80. The van der Waals surface area contributed by atoms with Gasteiger partial charge in [0, 0.05) is 25.2 Å². The Balaban J connectivity index is 1.30. The number of hydrogen-bond acceptors (Lipinski definition) is 3. The maximum absolute atomic E-state index is 10.3. The number of likely N-dealkylation sites (tertiary alicyclic amines) is 1. The minimum atomic E-state index is -0.331. The maximum Gasteiger partial charge on any atom is 0.0900 e. The number of hydrogen-bond donors (Lipinski definition) is 1. The van der Waals surface area contributed by atoms with E-state index in [1.807, 2.05) is 0 Å². The molecule has 2 aliphatic carbocycles. The second kappa shape index (κ2) is 7.63. The summed E-state index contributed by atoms with van der Waals surface area (Å²) in [6.45, 7) is 6.71. The molecule has 2 saturated carbocycles. The van der Waals surface area contributed by atoms with E-state index in [2.05, 4.69) is 18.7 Å². The second-order valence-corrected chi connectivity index (χ2v) is 8.28. The zero-order valence-electron chi connectivity index (χ0n) is 14.5. The maximum atomic E-state index is 10.3. The monoisotopic (exact) mass is 309 g/mol. The standard InChI is InChI=1S/C19H35NO2/c1-14-4-3-5-15(2)20(14)12-19(21)13-22-9-8-18-11-16-6-7-17(18)10-16/h14-19,21H,3-13H2,1-2H3. The molecule has 0 amide bonds. The third-order valence-corrected chi connectivity index (χ3v) is 6.63. The lowest BCUT2D eigenvalue weighted by atomic mass is 9.87. The zero-order valence-corrected chi connectivity index (χ0v) is 14.5. The number of rotatable bonds is 7. The highest BCUT2D eigenvalue weighted by Crippen LogP contribution is 2.49. The largest absolute Gasteiger partial charge is 0.389 e. The second-order valence-electron chi connectivity index (χ2n) is 8.28. The average molecular weight is 309 g/mol. The van der Waals surface area contributed by atoms with Crippen LogP contribution in [0.5, 0.6) is 0 Å². The lowest BCUT2D eigenvalue weighted by molar-refractivity contribution is -0.0123. The van der Waals surface area contributed by atoms with E-state index in [0.717, 1.165) is 30.9 Å². The molecule has 0 radical (unpaired) electrons. The summed E-state index contributed by atoms with van der Waals surface area (Å²) in [5.74, 6) is 2.94. The number of aliphatic hydroxyl groups excluding tert-OH is 1. The van der Waals surface area contributed by atoms with Crippen molar-refractivity contribution in [3.8, 4) is 0 Å². The summed E-state index contributed by atoms with van der Waals surface area (Å²) in [5.41, 5.74) is 0. The molecule has 1 N–H and O–H groups in total. The van der Waals surface area contributed by atoms with E-state index >= 15 is 0 Å². The Morgan fingerprint density at radius 1 is 1.09 bits per heavy atom. The number of β-amino-alcohol motifs (C(OH)–C–C–N with tert-alkyl or cyclic N) is 1. The smallest absolute Gasteiger partial charge is 0.0900 e. The van der Waals surface area contributed by atoms with Gasteiger partial charge in [0.15, 0.2) is 0 Å². The molecule has 128 valence electrons. The third kappa shape index (κ3) is 4.04. The van der Waals surface area contributed by atoms with E-state index < -0.39 is 0 Å². The van der Waals surface area contributed by atoms with E-state index in [-0.39, 0.29) is 6.10 Å². The molecule has 3 rings (SSSR count). The molecular weight excluding hydrogens is 274 g/mol. The Morgan fingerprint density at radius 3 is 2.50 bits per heavy atom. The van der Waals surface area contributed by atoms with Crippen LogP contribution in [-0.4, -0.2) is 48.0 Å². The first kappa shape index (κ1) is 16.7. The van der Waals surface area contributed by atoms with E-state index in [9.17, 15) is 5.11 Å². The summed E-state index contributed by atoms with van der Waals surface area (Å²) in [7, 11) is 0. The molecular formula is C19H35NO2. The minimum absolute atomic E-state index is 0.331. The Morgan fingerprint density at radius 2 is 1.86 bits per heavy atom. The number of ether oxygens (including phenoxy) is 1. The first-order valence-electron chi connectivity index (χ1n) is 9.65. The molecule has 22 heavy (non-hydrogen) atoms. The lowest BCUT2D eigenvalue weighted by Crippen LogP contribution is -2.48. The van der Waals surface area contributed by atoms with Crippen LogP contribution in [0.4, 0.5) is 0 Å². The summed E-state index contributed by atoms with van der Waals surface area (Å²) in [5, 5.41) is 10.3. The predicted octanol–water partition coefficient (Wildman–Crippen LogP) is 3.45. The van der Waals surface area contributed by atoms with E-state index in [4.69, 9.17) is 4.74 Å². The van der Waals surface area contributed by atoms with Gasteiger partial charge in [0.1, 0.15) is 0 Å². The van der Waals surface area contributed by atoms with Crippen molar-refractivity contribution in [2.75, 3.05) is 19.8 Å². The van der Waals surface area contributed by atoms with Crippen LogP contribution in [0.25, 0.3) is 0 Å². The van der Waals surface area contributed by atoms with Crippen LogP contribution in [-0.2, 0) is 4.74 Å². The van der Waals surface area contributed by atoms with Crippen molar-refractivity contribution in [1.82, 2.24) is 4.90 Å². The van der Waals surface area contributed by atoms with Crippen molar-refractivity contribution in [2.45, 2.75) is 83.4 Å². The van der Waals surface area contributed by atoms with Crippen molar-refractivity contribution >= 4 is 0 Å². The highest BCUT2D eigenvalue weighted by atomic mass is 16.5. The van der Waals surface area contributed by atoms with Gasteiger partial charge in [-0.3, -0.25) is 4.90 Å². The number of nitrogens with zero attached hydrogens (tertiary/aromatic N) is 1. The molecule has 1 heterocycles. The van der Waals surface area contributed by atoms with Gasteiger partial charge in [0.2, 0.25) is 0 Å². The molecule has 1 aliphatic heterocycles. The number of fused-ring (bicyclic) bond motifs is 2. The summed E-state index contributed by atoms with van der Waals surface area (Å²) >= 11 is 0. The van der Waals surface area contributed by atoms with Crippen LogP contribution >= 0.6 is 0 Å². The highest BCUT2D eigenvalue weighted by Gasteiger charge is 2.38. The van der Waals surface area contributed by atoms with Crippen LogP contribution in [0.3, 0.4) is 0 Å². The molecule has 6 atom stereocenters. The molecule has 2 bridgehead atoms. The van der Waals surface area contributed by atoms with Gasteiger partial charge in [-0.2, -0.15) is 0 Å². The van der Waals surface area contributed by atoms with Crippen LogP contribution in [0.15, 0.2) is 0 Å². The van der Waals surface area contributed by atoms with Gasteiger partial charge in [0.05, 0.1) is 12.7 Å².